The van der Waals surface area contributed by atoms with Crippen molar-refractivity contribution in [2.75, 3.05) is 0 Å². The van der Waals surface area contributed by atoms with Crippen LogP contribution >= 0.6 is 0 Å². The summed E-state index contributed by atoms with van der Waals surface area (Å²) in [6.45, 7) is 11.7. The molecule has 0 fully saturated rings. The Labute approximate surface area is 84.2 Å². The Morgan fingerprint density at radius 1 is 0.846 bits per heavy atom. The van der Waals surface area contributed by atoms with E-state index in [-0.39, 0.29) is 0 Å². The molecular weight excluding hydrogens is 263 g/mol. The molecule has 1 aromatic rings. The van der Waals surface area contributed by atoms with Crippen LogP contribution in [0.5, 0.6) is 0 Å². The Hall–Kier alpha value is -0.761. The predicted molar refractivity (Wildman–Crippen MR) is 62.4 cm³/mol. The first-order chi connectivity index (χ1) is 6.29. The van der Waals surface area contributed by atoms with Gasteiger partial charge in [-0.3, -0.25) is 0 Å². The van der Waals surface area contributed by atoms with Crippen LogP contribution < -0.4 is 3.58 Å². The van der Waals surface area contributed by atoms with E-state index in [1.807, 2.05) is 6.07 Å². The third kappa shape index (κ3) is 1.94. The van der Waals surface area contributed by atoms with Crippen molar-refractivity contribution in [2.24, 2.45) is 0 Å². The third-order valence-corrected chi connectivity index (χ3v) is 11.9. The SMILES string of the molecule is C=[CH][Sn]([CH]=C)([CH]=C)[c]1ccccc1. The Morgan fingerprint density at radius 2 is 1.31 bits per heavy atom. The van der Waals surface area contributed by atoms with Crippen LogP contribution in [0.1, 0.15) is 0 Å². The van der Waals surface area contributed by atoms with Crippen molar-refractivity contribution >= 4 is 22.0 Å². The Bertz CT molecular complexity index is 289. The fraction of sp³-hybridized carbons (Fsp3) is 0. The van der Waals surface area contributed by atoms with Crippen LogP contribution in [0.25, 0.3) is 0 Å². The molecule has 0 saturated carbocycles. The Kier molecular flexibility index (Phi) is 3.55. The van der Waals surface area contributed by atoms with Crippen molar-refractivity contribution < 1.29 is 0 Å². The second-order valence-corrected chi connectivity index (χ2v) is 13.4. The summed E-state index contributed by atoms with van der Waals surface area (Å²) >= 11 is -2.58. The minimum absolute atomic E-state index is 1.36. The third-order valence-electron chi connectivity index (χ3n) is 2.29. The summed E-state index contributed by atoms with van der Waals surface area (Å²) in [4.78, 5) is 0. The molecular formula is C12H14Sn. The first kappa shape index (κ1) is 10.3. The van der Waals surface area contributed by atoms with Crippen LogP contribution in [0.15, 0.2) is 62.3 Å². The van der Waals surface area contributed by atoms with Crippen molar-refractivity contribution in [3.8, 4) is 0 Å². The molecule has 0 aliphatic rings. The summed E-state index contributed by atoms with van der Waals surface area (Å²) < 4.78 is 7.54. The summed E-state index contributed by atoms with van der Waals surface area (Å²) in [5, 5.41) is 0. The molecule has 0 bridgehead atoms. The Morgan fingerprint density at radius 3 is 1.69 bits per heavy atom. The first-order valence-electron chi connectivity index (χ1n) is 4.25. The van der Waals surface area contributed by atoms with Gasteiger partial charge in [-0.1, -0.05) is 0 Å². The molecule has 0 amide bonds. The predicted octanol–water partition coefficient (Wildman–Crippen LogP) is 2.52. The maximum atomic E-state index is 3.90. The molecule has 0 aromatic heterocycles. The molecule has 0 aliphatic carbocycles. The van der Waals surface area contributed by atoms with E-state index in [4.69, 9.17) is 0 Å². The van der Waals surface area contributed by atoms with Gasteiger partial charge in [-0.05, 0) is 0 Å². The van der Waals surface area contributed by atoms with Crippen LogP contribution in [0, 0.1) is 0 Å². The van der Waals surface area contributed by atoms with Gasteiger partial charge in [-0.2, -0.15) is 0 Å². The van der Waals surface area contributed by atoms with Crippen molar-refractivity contribution in [1.82, 2.24) is 0 Å². The van der Waals surface area contributed by atoms with E-state index in [0.29, 0.717) is 0 Å². The van der Waals surface area contributed by atoms with Gasteiger partial charge in [0.05, 0.1) is 0 Å². The zero-order valence-corrected chi connectivity index (χ0v) is 10.6. The molecule has 0 nitrogen and oxygen atoms in total. The zero-order chi connectivity index (χ0) is 9.73. The number of benzene rings is 1. The van der Waals surface area contributed by atoms with Crippen LogP contribution in [0.2, 0.25) is 0 Å². The van der Waals surface area contributed by atoms with Crippen LogP contribution in [0.4, 0.5) is 0 Å². The van der Waals surface area contributed by atoms with E-state index in [0.717, 1.165) is 0 Å². The van der Waals surface area contributed by atoms with E-state index < -0.39 is 18.4 Å². The van der Waals surface area contributed by atoms with Gasteiger partial charge in [0.25, 0.3) is 0 Å². The van der Waals surface area contributed by atoms with Gasteiger partial charge in [0.1, 0.15) is 0 Å². The van der Waals surface area contributed by atoms with Crippen LogP contribution in [-0.4, -0.2) is 18.4 Å². The summed E-state index contributed by atoms with van der Waals surface area (Å²) in [7, 11) is 0. The van der Waals surface area contributed by atoms with E-state index in [9.17, 15) is 0 Å². The van der Waals surface area contributed by atoms with Gasteiger partial charge >= 0.3 is 84.3 Å². The molecule has 66 valence electrons. The fourth-order valence-electron chi connectivity index (χ4n) is 1.33. The van der Waals surface area contributed by atoms with E-state index >= 15 is 0 Å². The summed E-state index contributed by atoms with van der Waals surface area (Å²) in [6, 6.07) is 10.4. The molecule has 1 heteroatoms. The quantitative estimate of drug-likeness (QED) is 0.742. The number of hydrogen-bond donors (Lipinski definition) is 0. The van der Waals surface area contributed by atoms with Crippen molar-refractivity contribution in [2.45, 2.75) is 0 Å². The zero-order valence-electron chi connectivity index (χ0n) is 7.74. The molecule has 0 aliphatic heterocycles. The standard InChI is InChI=1S/C6H5.3C2H3.Sn/c1-2-4-6-5-3-1;3*1-2;/h1-5H;3*1H,2H2;. The van der Waals surface area contributed by atoms with E-state index in [1.165, 1.54) is 3.58 Å². The molecule has 1 aromatic carbocycles. The molecule has 0 N–H and O–H groups in total. The average Bonchev–Trinajstić information content (AvgIpc) is 2.23. The second-order valence-electron chi connectivity index (χ2n) is 2.91. The van der Waals surface area contributed by atoms with Crippen molar-refractivity contribution in [3.63, 3.8) is 0 Å². The molecule has 0 heterocycles. The first-order valence-corrected chi connectivity index (χ1v) is 10.6. The molecule has 13 heavy (non-hydrogen) atoms. The van der Waals surface area contributed by atoms with Crippen LogP contribution in [-0.2, 0) is 0 Å². The van der Waals surface area contributed by atoms with E-state index in [2.05, 4.69) is 56.3 Å². The van der Waals surface area contributed by atoms with Gasteiger partial charge < -0.3 is 0 Å². The molecule has 0 unspecified atom stereocenters. The van der Waals surface area contributed by atoms with Gasteiger partial charge in [0.15, 0.2) is 0 Å². The van der Waals surface area contributed by atoms with Gasteiger partial charge in [0.2, 0.25) is 0 Å². The summed E-state index contributed by atoms with van der Waals surface area (Å²) in [5.74, 6) is 0. The average molecular weight is 277 g/mol. The van der Waals surface area contributed by atoms with E-state index in [1.54, 1.807) is 0 Å². The summed E-state index contributed by atoms with van der Waals surface area (Å²) in [5.41, 5.74) is 0. The normalized spacial score (nSPS) is 10.5. The number of hydrogen-bond acceptors (Lipinski definition) is 0. The van der Waals surface area contributed by atoms with Gasteiger partial charge in [-0.25, -0.2) is 0 Å². The molecule has 1 rings (SSSR count). The second kappa shape index (κ2) is 4.47. The minimum atomic E-state index is -2.58. The fourth-order valence-corrected chi connectivity index (χ4v) is 6.97. The van der Waals surface area contributed by atoms with Crippen molar-refractivity contribution in [1.29, 1.82) is 0 Å². The molecule has 0 saturated heterocycles. The molecule has 0 spiro atoms. The van der Waals surface area contributed by atoms with Gasteiger partial charge in [0, 0.05) is 0 Å². The summed E-state index contributed by atoms with van der Waals surface area (Å²) in [6.07, 6.45) is 0. The molecule has 0 atom stereocenters. The van der Waals surface area contributed by atoms with Crippen molar-refractivity contribution in [3.05, 3.63) is 62.3 Å². The molecule has 0 radical (unpaired) electrons. The maximum absolute atomic E-state index is 3.90. The monoisotopic (exact) mass is 278 g/mol. The van der Waals surface area contributed by atoms with Crippen LogP contribution in [0.3, 0.4) is 0 Å². The van der Waals surface area contributed by atoms with Gasteiger partial charge in [-0.15, -0.1) is 0 Å². The Balaban J connectivity index is 3.23. The topological polar surface area (TPSA) is 0 Å². The number of rotatable bonds is 4.